The summed E-state index contributed by atoms with van der Waals surface area (Å²) >= 11 is 1.60. The van der Waals surface area contributed by atoms with E-state index in [1.807, 2.05) is 18.2 Å². The number of aliphatic hydroxyl groups excluding tert-OH is 1. The lowest BCUT2D eigenvalue weighted by atomic mass is 10.00. The number of rotatable bonds is 8. The first-order valence-electron chi connectivity index (χ1n) is 11.2. The topological polar surface area (TPSA) is 70.5 Å². The van der Waals surface area contributed by atoms with Gasteiger partial charge in [0.25, 0.3) is 0 Å². The van der Waals surface area contributed by atoms with Crippen LogP contribution in [0.5, 0.6) is 0 Å². The molecule has 5 rings (SSSR count). The normalized spacial score (nSPS) is 14.8. The Kier molecular flexibility index (Phi) is 6.64. The van der Waals surface area contributed by atoms with Crippen molar-refractivity contribution in [1.82, 2.24) is 14.9 Å². The third-order valence-electron chi connectivity index (χ3n) is 6.02. The number of hydrogen-bond acceptors (Lipinski definition) is 7. The molecule has 2 aromatic carbocycles. The van der Waals surface area contributed by atoms with Crippen molar-refractivity contribution in [3.63, 3.8) is 0 Å². The van der Waals surface area contributed by atoms with Crippen LogP contribution in [-0.4, -0.2) is 52.8 Å². The van der Waals surface area contributed by atoms with Crippen molar-refractivity contribution in [2.24, 2.45) is 0 Å². The monoisotopic (exact) mass is 460 g/mol. The molecule has 1 aliphatic rings. The van der Waals surface area contributed by atoms with Crippen LogP contribution in [-0.2, 0) is 24.3 Å². The molecule has 6 nitrogen and oxygen atoms in total. The number of hydrogen-bond donors (Lipinski definition) is 2. The van der Waals surface area contributed by atoms with E-state index in [0.717, 1.165) is 46.7 Å². The van der Waals surface area contributed by atoms with Crippen LogP contribution in [0.15, 0.2) is 60.0 Å². The second kappa shape index (κ2) is 9.97. The van der Waals surface area contributed by atoms with Gasteiger partial charge in [0.05, 0.1) is 11.5 Å². The molecule has 33 heavy (non-hydrogen) atoms. The van der Waals surface area contributed by atoms with Crippen LogP contribution in [0.1, 0.15) is 17.0 Å². The highest BCUT2D eigenvalue weighted by molar-refractivity contribution is 7.17. The Balaban J connectivity index is 1.34. The highest BCUT2D eigenvalue weighted by atomic mass is 32.1. The first kappa shape index (κ1) is 22.0. The summed E-state index contributed by atoms with van der Waals surface area (Å²) in [5.41, 5.74) is 5.00. The van der Waals surface area contributed by atoms with Crippen LogP contribution >= 0.6 is 11.3 Å². The van der Waals surface area contributed by atoms with E-state index >= 15 is 0 Å². The van der Waals surface area contributed by atoms with Gasteiger partial charge in [-0.3, -0.25) is 4.90 Å². The van der Waals surface area contributed by atoms with Crippen molar-refractivity contribution in [2.75, 3.05) is 32.1 Å². The second-order valence-corrected chi connectivity index (χ2v) is 9.26. The van der Waals surface area contributed by atoms with Crippen molar-refractivity contribution >= 4 is 27.4 Å². The number of fused-ring (bicyclic) bond motifs is 2. The molecule has 1 aliphatic heterocycles. The van der Waals surface area contributed by atoms with E-state index < -0.39 is 6.10 Å². The largest absolute Gasteiger partial charge is 0.390 e. The Labute approximate surface area is 197 Å². The number of aliphatic hydroxyl groups is 1. The van der Waals surface area contributed by atoms with E-state index in [2.05, 4.69) is 57.0 Å². The Bertz CT molecular complexity index is 1230. The number of ether oxygens (including phenoxy) is 1. The van der Waals surface area contributed by atoms with Crippen molar-refractivity contribution in [3.8, 4) is 11.1 Å². The molecule has 0 spiro atoms. The Hall–Kier alpha value is -2.84. The second-order valence-electron chi connectivity index (χ2n) is 8.41. The van der Waals surface area contributed by atoms with Crippen LogP contribution < -0.4 is 5.32 Å². The molecule has 0 aliphatic carbocycles. The summed E-state index contributed by atoms with van der Waals surface area (Å²) in [5.74, 6) is 1.38. The van der Waals surface area contributed by atoms with Gasteiger partial charge < -0.3 is 15.2 Å². The summed E-state index contributed by atoms with van der Waals surface area (Å²) < 4.78 is 5.27. The molecule has 170 valence electrons. The van der Waals surface area contributed by atoms with E-state index in [1.54, 1.807) is 18.4 Å². The van der Waals surface area contributed by atoms with Gasteiger partial charge in [0.1, 0.15) is 17.3 Å². The molecule has 0 radical (unpaired) electrons. The number of methoxy groups -OCH3 is 1. The third kappa shape index (κ3) is 4.91. The molecule has 0 saturated heterocycles. The van der Waals surface area contributed by atoms with Gasteiger partial charge in [-0.15, -0.1) is 11.3 Å². The zero-order valence-corrected chi connectivity index (χ0v) is 19.5. The van der Waals surface area contributed by atoms with Gasteiger partial charge in [0, 0.05) is 44.2 Å². The lowest BCUT2D eigenvalue weighted by Gasteiger charge is -2.30. The Morgan fingerprint density at radius 3 is 2.70 bits per heavy atom. The van der Waals surface area contributed by atoms with Gasteiger partial charge in [0.2, 0.25) is 0 Å². The summed E-state index contributed by atoms with van der Waals surface area (Å²) in [6.45, 7) is 3.23. The standard InChI is InChI=1S/C26H28N4O2S/c1-32-16-23-28-25(24-22(17-33-26(24)29-23)19-8-3-2-4-9-19)27-13-21(31)15-30-12-11-18-7-5-6-10-20(18)14-30/h2-10,17,21,31H,11-16H2,1H3,(H,27,28,29). The van der Waals surface area contributed by atoms with Crippen LogP contribution in [0, 0.1) is 0 Å². The molecule has 0 saturated carbocycles. The lowest BCUT2D eigenvalue weighted by Crippen LogP contribution is -2.39. The van der Waals surface area contributed by atoms with Crippen molar-refractivity contribution in [3.05, 3.63) is 76.9 Å². The zero-order valence-electron chi connectivity index (χ0n) is 18.7. The average Bonchev–Trinajstić information content (AvgIpc) is 3.27. The zero-order chi connectivity index (χ0) is 22.6. The SMILES string of the molecule is COCc1nc(NCC(O)CN2CCc3ccccc3C2)c2c(-c3ccccc3)csc2n1. The molecule has 4 aromatic rings. The van der Waals surface area contributed by atoms with Gasteiger partial charge >= 0.3 is 0 Å². The van der Waals surface area contributed by atoms with E-state index in [9.17, 15) is 5.11 Å². The molecule has 0 fully saturated rings. The fourth-order valence-electron chi connectivity index (χ4n) is 4.42. The van der Waals surface area contributed by atoms with E-state index in [4.69, 9.17) is 9.72 Å². The molecule has 2 N–H and O–H groups in total. The minimum absolute atomic E-state index is 0.346. The summed E-state index contributed by atoms with van der Waals surface area (Å²) in [6.07, 6.45) is 0.517. The average molecular weight is 461 g/mol. The number of nitrogens with one attached hydrogen (secondary N) is 1. The first-order chi connectivity index (χ1) is 16.2. The minimum atomic E-state index is -0.509. The minimum Gasteiger partial charge on any atom is -0.390 e. The summed E-state index contributed by atoms with van der Waals surface area (Å²) in [6, 6.07) is 18.8. The number of thiophene rings is 1. The van der Waals surface area contributed by atoms with Crippen LogP contribution in [0.2, 0.25) is 0 Å². The van der Waals surface area contributed by atoms with Crippen molar-refractivity contribution in [2.45, 2.75) is 25.7 Å². The fraction of sp³-hybridized carbons (Fsp3) is 0.308. The lowest BCUT2D eigenvalue weighted by molar-refractivity contribution is 0.114. The Morgan fingerprint density at radius 2 is 1.88 bits per heavy atom. The van der Waals surface area contributed by atoms with Gasteiger partial charge in [-0.2, -0.15) is 0 Å². The maximum absolute atomic E-state index is 10.8. The number of β-amino-alcohol motifs (C(OH)–C–C–N with tert-alkyl or cyclic N) is 1. The summed E-state index contributed by atoms with van der Waals surface area (Å²) in [7, 11) is 1.64. The van der Waals surface area contributed by atoms with Gasteiger partial charge in [-0.25, -0.2) is 9.97 Å². The molecule has 0 amide bonds. The highest BCUT2D eigenvalue weighted by Crippen LogP contribution is 2.37. The van der Waals surface area contributed by atoms with E-state index in [0.29, 0.717) is 25.5 Å². The van der Waals surface area contributed by atoms with Gasteiger partial charge in [-0.1, -0.05) is 54.6 Å². The van der Waals surface area contributed by atoms with E-state index in [-0.39, 0.29) is 0 Å². The first-order valence-corrected chi connectivity index (χ1v) is 12.1. The number of nitrogens with zero attached hydrogens (tertiary/aromatic N) is 3. The molecular weight excluding hydrogens is 432 g/mol. The maximum atomic E-state index is 10.8. The smallest absolute Gasteiger partial charge is 0.158 e. The van der Waals surface area contributed by atoms with Crippen LogP contribution in [0.4, 0.5) is 5.82 Å². The van der Waals surface area contributed by atoms with Gasteiger partial charge in [0.15, 0.2) is 5.82 Å². The number of benzene rings is 2. The molecule has 2 aromatic heterocycles. The quantitative estimate of drug-likeness (QED) is 0.408. The molecule has 3 heterocycles. The number of aromatic nitrogens is 2. The summed E-state index contributed by atoms with van der Waals surface area (Å²) in [5, 5.41) is 17.4. The fourth-order valence-corrected chi connectivity index (χ4v) is 5.39. The third-order valence-corrected chi connectivity index (χ3v) is 6.89. The molecule has 0 bridgehead atoms. The predicted octanol–water partition coefficient (Wildman–Crippen LogP) is 4.34. The maximum Gasteiger partial charge on any atom is 0.158 e. The summed E-state index contributed by atoms with van der Waals surface area (Å²) in [4.78, 5) is 12.7. The predicted molar refractivity (Wildman–Crippen MR) is 133 cm³/mol. The van der Waals surface area contributed by atoms with E-state index in [1.165, 1.54) is 11.1 Å². The van der Waals surface area contributed by atoms with Crippen LogP contribution in [0.25, 0.3) is 21.3 Å². The Morgan fingerprint density at radius 1 is 1.09 bits per heavy atom. The molecular formula is C26H28N4O2S. The van der Waals surface area contributed by atoms with Crippen molar-refractivity contribution in [1.29, 1.82) is 0 Å². The van der Waals surface area contributed by atoms with Gasteiger partial charge in [-0.05, 0) is 23.1 Å². The van der Waals surface area contributed by atoms with Crippen LogP contribution in [0.3, 0.4) is 0 Å². The molecule has 7 heteroatoms. The number of anilines is 1. The van der Waals surface area contributed by atoms with Crippen molar-refractivity contribution < 1.29 is 9.84 Å². The highest BCUT2D eigenvalue weighted by Gasteiger charge is 2.20. The molecule has 1 unspecified atom stereocenters. The molecule has 1 atom stereocenters.